The summed E-state index contributed by atoms with van der Waals surface area (Å²) in [6, 6.07) is 5.57. The summed E-state index contributed by atoms with van der Waals surface area (Å²) in [7, 11) is 0. The fraction of sp³-hybridized carbons (Fsp3) is 0.375. The minimum atomic E-state index is -1.24. The van der Waals surface area contributed by atoms with Crippen molar-refractivity contribution in [2.24, 2.45) is 0 Å². The number of nitrogens with one attached hydrogen (secondary N) is 1. The first kappa shape index (κ1) is 27.8. The quantitative estimate of drug-likeness (QED) is 0.185. The monoisotopic (exact) mass is 553 g/mol. The number of aliphatic carboxylic acids is 1. The third kappa shape index (κ3) is 5.63. The molecule has 2 atom stereocenters. The van der Waals surface area contributed by atoms with E-state index in [0.717, 1.165) is 12.8 Å². The molecule has 1 aromatic carbocycles. The molecule has 13 heteroatoms. The first-order chi connectivity index (χ1) is 17.2. The molecule has 3 fully saturated rings. The third-order valence-electron chi connectivity index (χ3n) is 6.48. The third-order valence-corrected chi connectivity index (χ3v) is 8.80. The predicted molar refractivity (Wildman–Crippen MR) is 138 cm³/mol. The number of amides is 3. The molecule has 1 aromatic rings. The summed E-state index contributed by atoms with van der Waals surface area (Å²) in [5, 5.41) is 21.0. The van der Waals surface area contributed by atoms with Crippen molar-refractivity contribution in [1.82, 2.24) is 15.1 Å². The number of carbonyl (C=O) groups is 5. The Morgan fingerprint density at radius 1 is 1.11 bits per heavy atom. The molecule has 37 heavy (non-hydrogen) atoms. The molecule has 1 saturated carbocycles. The Labute approximate surface area is 243 Å². The van der Waals surface area contributed by atoms with Crippen molar-refractivity contribution in [3.63, 3.8) is 0 Å². The predicted octanol–water partition coefficient (Wildman–Crippen LogP) is 0.888. The van der Waals surface area contributed by atoms with Crippen LogP contribution in [-0.4, -0.2) is 115 Å². The van der Waals surface area contributed by atoms with Crippen LogP contribution in [0.3, 0.4) is 0 Å². The summed E-state index contributed by atoms with van der Waals surface area (Å²) >= 11 is 2.56. The van der Waals surface area contributed by atoms with Gasteiger partial charge < -0.3 is 20.4 Å². The van der Waals surface area contributed by atoms with E-state index in [1.807, 2.05) is 4.90 Å². The first-order valence-corrected chi connectivity index (χ1v) is 13.5. The minimum absolute atomic E-state index is 0. The fourth-order valence-electron chi connectivity index (χ4n) is 4.52. The van der Waals surface area contributed by atoms with Crippen molar-refractivity contribution >= 4 is 82.7 Å². The van der Waals surface area contributed by atoms with Gasteiger partial charge in [-0.3, -0.25) is 19.3 Å². The Balaban J connectivity index is 0.00000320. The van der Waals surface area contributed by atoms with E-state index in [0.29, 0.717) is 40.8 Å². The Bertz CT molecular complexity index is 1230. The van der Waals surface area contributed by atoms with E-state index in [1.54, 1.807) is 18.2 Å². The van der Waals surface area contributed by atoms with E-state index >= 15 is 0 Å². The maximum absolute atomic E-state index is 12.9. The second-order valence-electron chi connectivity index (χ2n) is 8.90. The van der Waals surface area contributed by atoms with E-state index < -0.39 is 29.3 Å². The molecule has 10 nitrogen and oxygen atoms in total. The van der Waals surface area contributed by atoms with Gasteiger partial charge in [0.1, 0.15) is 17.1 Å². The number of thioether (sulfide) groups is 2. The van der Waals surface area contributed by atoms with Crippen LogP contribution < -0.4 is 5.32 Å². The Morgan fingerprint density at radius 3 is 2.43 bits per heavy atom. The van der Waals surface area contributed by atoms with Gasteiger partial charge in [-0.25, -0.2) is 9.59 Å². The van der Waals surface area contributed by atoms with Crippen molar-refractivity contribution in [3.8, 4) is 0 Å². The van der Waals surface area contributed by atoms with Crippen LogP contribution in [0.2, 0.25) is 0 Å². The van der Waals surface area contributed by atoms with Crippen molar-refractivity contribution in [2.75, 3.05) is 18.1 Å². The van der Waals surface area contributed by atoms with Crippen LogP contribution in [-0.2, 0) is 19.2 Å². The molecule has 190 valence electrons. The van der Waals surface area contributed by atoms with Crippen LogP contribution in [0.5, 0.6) is 0 Å². The molecule has 0 radical (unpaired) electrons. The van der Waals surface area contributed by atoms with E-state index in [-0.39, 0.29) is 58.4 Å². The molecule has 2 saturated heterocycles. The van der Waals surface area contributed by atoms with Gasteiger partial charge >= 0.3 is 41.5 Å². The number of allylic oxidation sites excluding steroid dienone is 1. The summed E-state index contributed by atoms with van der Waals surface area (Å²) in [5.41, 5.74) is 1.02. The number of carbonyl (C=O) groups excluding carboxylic acids is 3. The normalized spacial score (nSPS) is 23.9. The number of carboxylic acid groups (broad SMARTS) is 2. The Kier molecular flexibility index (Phi) is 8.44. The first-order valence-electron chi connectivity index (χ1n) is 11.4. The molecular weight excluding hydrogens is 529 g/mol. The number of fused-ring (bicyclic) bond motifs is 1. The molecule has 3 amide bonds. The second-order valence-corrected chi connectivity index (χ2v) is 11.1. The molecule has 5 rings (SSSR count). The number of rotatable bonds is 8. The molecule has 1 aliphatic carbocycles. The summed E-state index contributed by atoms with van der Waals surface area (Å²) < 4.78 is 0. The van der Waals surface area contributed by atoms with Gasteiger partial charge in [0.15, 0.2) is 0 Å². The average Bonchev–Trinajstić information content (AvgIpc) is 3.64. The summed E-state index contributed by atoms with van der Waals surface area (Å²) in [4.78, 5) is 64.8. The average molecular weight is 554 g/mol. The molecule has 0 unspecified atom stereocenters. The zero-order chi connectivity index (χ0) is 25.6. The molecule has 0 spiro atoms. The van der Waals surface area contributed by atoms with Gasteiger partial charge in [-0.15, -0.1) is 23.5 Å². The number of β-lactam (4-membered cyclic amide) rings is 1. The van der Waals surface area contributed by atoms with Gasteiger partial charge in [-0.05, 0) is 55.2 Å². The molecule has 0 bridgehead atoms. The fourth-order valence-corrected chi connectivity index (χ4v) is 6.54. The molecule has 3 heterocycles. The molecule has 4 aliphatic rings. The standard InChI is InChI=1S/C24H23N3O7S2.Na.H/c28-17(11-35-16-5-1-12(2-6-16)23(31)32)25-18-21(30)27-19(24(33)34)14(10-36-22(18)27)9-13-7-8-26(20(13)29)15-3-4-15;;/h1-2,5-6,9,15,18,22H,3-4,7-8,10-11H2,(H,25,28)(H,31,32)(H,33,34);;/b13-9+;;/t18-,22-;;/m1../s1. The zero-order valence-electron chi connectivity index (χ0n) is 19.0. The van der Waals surface area contributed by atoms with Crippen molar-refractivity contribution in [1.29, 1.82) is 0 Å². The molecule has 0 aromatic heterocycles. The molecular formula is C24H24N3NaO7S2. The van der Waals surface area contributed by atoms with Gasteiger partial charge in [0.05, 0.1) is 11.3 Å². The van der Waals surface area contributed by atoms with E-state index in [2.05, 4.69) is 5.32 Å². The van der Waals surface area contributed by atoms with Gasteiger partial charge in [-0.2, -0.15) is 0 Å². The Hall–Kier alpha value is -2.25. The van der Waals surface area contributed by atoms with E-state index in [9.17, 15) is 29.1 Å². The van der Waals surface area contributed by atoms with Crippen LogP contribution in [0, 0.1) is 0 Å². The van der Waals surface area contributed by atoms with Gasteiger partial charge in [0.2, 0.25) is 11.8 Å². The van der Waals surface area contributed by atoms with Crippen molar-refractivity contribution in [3.05, 3.63) is 52.7 Å². The van der Waals surface area contributed by atoms with Crippen LogP contribution >= 0.6 is 23.5 Å². The number of carboxylic acids is 2. The number of likely N-dealkylation sites (tertiary alicyclic amines) is 1. The number of hydrogen-bond donors (Lipinski definition) is 3. The Morgan fingerprint density at radius 2 is 1.81 bits per heavy atom. The summed E-state index contributed by atoms with van der Waals surface area (Å²) in [6.45, 7) is 0.638. The van der Waals surface area contributed by atoms with Gasteiger partial charge in [-0.1, -0.05) is 0 Å². The van der Waals surface area contributed by atoms with E-state index in [4.69, 9.17) is 5.11 Å². The number of hydrogen-bond acceptors (Lipinski definition) is 7. The topological polar surface area (TPSA) is 144 Å². The van der Waals surface area contributed by atoms with E-state index in [1.165, 1.54) is 40.6 Å². The van der Waals surface area contributed by atoms with Crippen molar-refractivity contribution < 1.29 is 34.2 Å². The maximum atomic E-state index is 12.9. The summed E-state index contributed by atoms with van der Waals surface area (Å²) in [6.07, 6.45) is 4.20. The van der Waals surface area contributed by atoms with Crippen LogP contribution in [0.1, 0.15) is 29.6 Å². The van der Waals surface area contributed by atoms with Crippen LogP contribution in [0.4, 0.5) is 0 Å². The number of benzene rings is 1. The summed E-state index contributed by atoms with van der Waals surface area (Å²) in [5.74, 6) is -2.88. The molecule has 3 N–H and O–H groups in total. The number of aromatic carboxylic acids is 1. The van der Waals surface area contributed by atoms with Gasteiger partial charge in [0.25, 0.3) is 5.91 Å². The van der Waals surface area contributed by atoms with Crippen LogP contribution in [0.25, 0.3) is 0 Å². The second kappa shape index (κ2) is 11.2. The van der Waals surface area contributed by atoms with Crippen molar-refractivity contribution in [2.45, 2.75) is 41.6 Å². The molecule has 3 aliphatic heterocycles. The zero-order valence-corrected chi connectivity index (χ0v) is 20.6. The van der Waals surface area contributed by atoms with Crippen LogP contribution in [0.15, 0.2) is 52.1 Å². The number of nitrogens with zero attached hydrogens (tertiary/aromatic N) is 2. The van der Waals surface area contributed by atoms with Gasteiger partial charge in [0, 0.05) is 28.8 Å². The SMILES string of the molecule is O=C(CSc1ccc(C(=O)O)cc1)N[C@@H]1C(=O)N2C(C(=O)O)=C(/C=C3\CCN(C4CC4)C3=O)CS[C@H]12.[NaH].